The van der Waals surface area contributed by atoms with Crippen LogP contribution in [0.1, 0.15) is 37.6 Å². The van der Waals surface area contributed by atoms with Gasteiger partial charge in [0.2, 0.25) is 0 Å². The van der Waals surface area contributed by atoms with Crippen molar-refractivity contribution in [1.82, 2.24) is 0 Å². The molecule has 0 saturated heterocycles. The van der Waals surface area contributed by atoms with Crippen molar-refractivity contribution >= 4 is 25.7 Å². The summed E-state index contributed by atoms with van der Waals surface area (Å²) >= 11 is 0. The Morgan fingerprint density at radius 3 is 2.47 bits per heavy atom. The third-order valence-electron chi connectivity index (χ3n) is 2.46. The lowest BCUT2D eigenvalue weighted by Crippen LogP contribution is -2.17. The summed E-state index contributed by atoms with van der Waals surface area (Å²) in [4.78, 5) is 11.7. The van der Waals surface area contributed by atoms with Crippen LogP contribution in [0.5, 0.6) is 0 Å². The summed E-state index contributed by atoms with van der Waals surface area (Å²) < 4.78 is 27.6. The van der Waals surface area contributed by atoms with Gasteiger partial charge in [0, 0.05) is 10.7 Å². The van der Waals surface area contributed by atoms with Gasteiger partial charge in [-0.05, 0) is 37.5 Å². The highest BCUT2D eigenvalue weighted by atomic mass is 35.7. The summed E-state index contributed by atoms with van der Waals surface area (Å²) in [5, 5.41) is 0. The Balaban J connectivity index is 2.84. The molecule has 106 valence electrons. The molecule has 0 aliphatic rings. The molecule has 0 aliphatic heterocycles. The lowest BCUT2D eigenvalue weighted by Gasteiger charge is -2.15. The smallest absolute Gasteiger partial charge is 0.338 e. The highest BCUT2D eigenvalue weighted by molar-refractivity contribution is 8.13. The van der Waals surface area contributed by atoms with E-state index in [0.717, 1.165) is 6.42 Å². The van der Waals surface area contributed by atoms with E-state index in [1.54, 1.807) is 6.92 Å². The molecule has 1 aromatic carbocycles. The van der Waals surface area contributed by atoms with Gasteiger partial charge in [-0.3, -0.25) is 0 Å². The van der Waals surface area contributed by atoms with Gasteiger partial charge in [0.1, 0.15) is 0 Å². The Morgan fingerprint density at radius 1 is 1.32 bits per heavy atom. The SMILES string of the molecule is CC(C)CC(C)OC(=O)c1cccc(S(=O)(=O)Cl)c1. The zero-order valence-corrected chi connectivity index (χ0v) is 12.7. The number of ether oxygens (including phenoxy) is 1. The molecule has 1 atom stereocenters. The van der Waals surface area contributed by atoms with Crippen molar-refractivity contribution in [3.05, 3.63) is 29.8 Å². The maximum absolute atomic E-state index is 11.9. The Hall–Kier alpha value is -1.07. The molecule has 0 bridgehead atoms. The molecule has 1 rings (SSSR count). The van der Waals surface area contributed by atoms with Gasteiger partial charge >= 0.3 is 5.97 Å². The van der Waals surface area contributed by atoms with Crippen LogP contribution < -0.4 is 0 Å². The molecule has 0 fully saturated rings. The fourth-order valence-electron chi connectivity index (χ4n) is 1.74. The largest absolute Gasteiger partial charge is 0.459 e. The second-order valence-electron chi connectivity index (χ2n) is 4.81. The van der Waals surface area contributed by atoms with Crippen LogP contribution in [-0.4, -0.2) is 20.5 Å². The molecule has 19 heavy (non-hydrogen) atoms. The van der Waals surface area contributed by atoms with E-state index >= 15 is 0 Å². The van der Waals surface area contributed by atoms with Gasteiger partial charge in [0.15, 0.2) is 0 Å². The van der Waals surface area contributed by atoms with Crippen LogP contribution in [0.3, 0.4) is 0 Å². The number of halogens is 1. The lowest BCUT2D eigenvalue weighted by atomic mass is 10.1. The van der Waals surface area contributed by atoms with Gasteiger partial charge in [-0.1, -0.05) is 19.9 Å². The minimum atomic E-state index is -3.84. The molecule has 4 nitrogen and oxygen atoms in total. The third-order valence-corrected chi connectivity index (χ3v) is 3.81. The fraction of sp³-hybridized carbons (Fsp3) is 0.462. The van der Waals surface area contributed by atoms with Crippen LogP contribution in [0.15, 0.2) is 29.2 Å². The minimum absolute atomic E-state index is 0.111. The number of carbonyl (C=O) groups excluding carboxylic acids is 1. The summed E-state index contributed by atoms with van der Waals surface area (Å²) in [6, 6.07) is 5.50. The number of carbonyl (C=O) groups is 1. The third kappa shape index (κ3) is 5.20. The fourth-order valence-corrected chi connectivity index (χ4v) is 2.53. The van der Waals surface area contributed by atoms with E-state index in [9.17, 15) is 13.2 Å². The average molecular weight is 305 g/mol. The van der Waals surface area contributed by atoms with Crippen molar-refractivity contribution in [3.8, 4) is 0 Å². The predicted octanol–water partition coefficient (Wildman–Crippen LogP) is 3.21. The molecular formula is C13H17ClO4S. The zero-order valence-electron chi connectivity index (χ0n) is 11.1. The zero-order chi connectivity index (χ0) is 14.6. The highest BCUT2D eigenvalue weighted by Gasteiger charge is 2.16. The van der Waals surface area contributed by atoms with Crippen LogP contribution in [0.4, 0.5) is 0 Å². The normalized spacial score (nSPS) is 13.3. The number of esters is 1. The van der Waals surface area contributed by atoms with E-state index in [4.69, 9.17) is 15.4 Å². The van der Waals surface area contributed by atoms with Crippen molar-refractivity contribution < 1.29 is 17.9 Å². The Kier molecular flexibility index (Phi) is 5.38. The van der Waals surface area contributed by atoms with Crippen LogP contribution in [0.25, 0.3) is 0 Å². The van der Waals surface area contributed by atoms with Crippen molar-refractivity contribution in [2.75, 3.05) is 0 Å². The van der Waals surface area contributed by atoms with E-state index in [2.05, 4.69) is 0 Å². The van der Waals surface area contributed by atoms with Gasteiger partial charge < -0.3 is 4.74 Å². The van der Waals surface area contributed by atoms with Crippen LogP contribution >= 0.6 is 10.7 Å². The molecule has 1 unspecified atom stereocenters. The van der Waals surface area contributed by atoms with Crippen molar-refractivity contribution in [1.29, 1.82) is 0 Å². The summed E-state index contributed by atoms with van der Waals surface area (Å²) in [5.74, 6) is -0.132. The van der Waals surface area contributed by atoms with E-state index in [-0.39, 0.29) is 16.6 Å². The first-order valence-electron chi connectivity index (χ1n) is 5.96. The van der Waals surface area contributed by atoms with Crippen molar-refractivity contribution in [2.45, 2.75) is 38.2 Å². The molecule has 0 aliphatic carbocycles. The van der Waals surface area contributed by atoms with Crippen molar-refractivity contribution in [3.63, 3.8) is 0 Å². The Labute approximate surface area is 118 Å². The number of hydrogen-bond acceptors (Lipinski definition) is 4. The lowest BCUT2D eigenvalue weighted by molar-refractivity contribution is 0.0299. The van der Waals surface area contributed by atoms with Crippen LogP contribution in [-0.2, 0) is 13.8 Å². The maximum Gasteiger partial charge on any atom is 0.338 e. The van der Waals surface area contributed by atoms with Gasteiger partial charge in [-0.25, -0.2) is 13.2 Å². The molecule has 0 saturated carbocycles. The molecule has 0 amide bonds. The first kappa shape index (κ1) is 16.0. The predicted molar refractivity (Wildman–Crippen MR) is 73.8 cm³/mol. The monoisotopic (exact) mass is 304 g/mol. The second-order valence-corrected chi connectivity index (χ2v) is 7.38. The number of benzene rings is 1. The summed E-state index contributed by atoms with van der Waals surface area (Å²) in [6.45, 7) is 5.87. The van der Waals surface area contributed by atoms with Gasteiger partial charge in [-0.2, -0.15) is 0 Å². The highest BCUT2D eigenvalue weighted by Crippen LogP contribution is 2.17. The summed E-state index contributed by atoms with van der Waals surface area (Å²) in [6.07, 6.45) is 0.531. The van der Waals surface area contributed by atoms with E-state index in [0.29, 0.717) is 5.92 Å². The topological polar surface area (TPSA) is 60.4 Å². The molecule has 0 spiro atoms. The standard InChI is InChI=1S/C13H17ClO4S/c1-9(2)7-10(3)18-13(15)11-5-4-6-12(8-11)19(14,16)17/h4-6,8-10H,7H2,1-3H3. The first-order chi connectivity index (χ1) is 8.70. The quantitative estimate of drug-likeness (QED) is 0.619. The van der Waals surface area contributed by atoms with Gasteiger partial charge in [-0.15, -0.1) is 0 Å². The molecule has 1 aromatic rings. The Morgan fingerprint density at radius 2 is 1.95 bits per heavy atom. The van der Waals surface area contributed by atoms with Gasteiger partial charge in [0.25, 0.3) is 9.05 Å². The average Bonchev–Trinajstić information content (AvgIpc) is 2.26. The van der Waals surface area contributed by atoms with Gasteiger partial charge in [0.05, 0.1) is 16.6 Å². The van der Waals surface area contributed by atoms with Crippen LogP contribution in [0, 0.1) is 5.92 Å². The van der Waals surface area contributed by atoms with E-state index < -0.39 is 15.0 Å². The summed E-state index contributed by atoms with van der Waals surface area (Å²) in [5.41, 5.74) is 0.178. The van der Waals surface area contributed by atoms with Crippen LogP contribution in [0.2, 0.25) is 0 Å². The Bertz CT molecular complexity index is 552. The van der Waals surface area contributed by atoms with E-state index in [1.165, 1.54) is 24.3 Å². The van der Waals surface area contributed by atoms with Crippen molar-refractivity contribution in [2.24, 2.45) is 5.92 Å². The molecule has 0 heterocycles. The number of hydrogen-bond donors (Lipinski definition) is 0. The maximum atomic E-state index is 11.9. The first-order valence-corrected chi connectivity index (χ1v) is 8.26. The second kappa shape index (κ2) is 6.39. The molecule has 0 aromatic heterocycles. The molecule has 0 N–H and O–H groups in total. The van der Waals surface area contributed by atoms with E-state index in [1.807, 2.05) is 13.8 Å². The molecule has 6 heteroatoms. The molecular weight excluding hydrogens is 288 g/mol. The number of rotatable bonds is 5. The summed E-state index contributed by atoms with van der Waals surface area (Å²) in [7, 11) is 1.39. The molecule has 0 radical (unpaired) electrons. The minimum Gasteiger partial charge on any atom is -0.459 e.